The minimum Gasteiger partial charge on any atom is -0.459 e. The number of piperidine rings is 1. The van der Waals surface area contributed by atoms with E-state index < -0.39 is 11.7 Å². The van der Waals surface area contributed by atoms with Crippen molar-refractivity contribution in [2.75, 3.05) is 44.4 Å². The number of anilines is 2. The van der Waals surface area contributed by atoms with Crippen LogP contribution < -0.4 is 15.4 Å². The van der Waals surface area contributed by atoms with Gasteiger partial charge in [-0.15, -0.1) is 0 Å². The van der Waals surface area contributed by atoms with E-state index in [2.05, 4.69) is 19.9 Å². The first-order valence-electron chi connectivity index (χ1n) is 11.4. The van der Waals surface area contributed by atoms with Crippen LogP contribution in [0, 0.1) is 0 Å². The van der Waals surface area contributed by atoms with Gasteiger partial charge in [0.15, 0.2) is 0 Å². The van der Waals surface area contributed by atoms with Crippen LogP contribution in [0.2, 0.25) is 5.02 Å². The second-order valence-electron chi connectivity index (χ2n) is 9.05. The van der Waals surface area contributed by atoms with Gasteiger partial charge in [-0.3, -0.25) is 0 Å². The summed E-state index contributed by atoms with van der Waals surface area (Å²) in [6, 6.07) is 5.31. The normalized spacial score (nSPS) is 15.6. The van der Waals surface area contributed by atoms with Crippen molar-refractivity contribution in [3.05, 3.63) is 34.9 Å². The third-order valence-electron chi connectivity index (χ3n) is 5.81. The Morgan fingerprint density at radius 1 is 1.11 bits per heavy atom. The molecular weight excluding hydrogens is 481 g/mol. The van der Waals surface area contributed by atoms with Gasteiger partial charge in [-0.05, 0) is 64.5 Å². The van der Waals surface area contributed by atoms with Crippen molar-refractivity contribution in [3.8, 4) is 17.3 Å². The van der Waals surface area contributed by atoms with Crippen LogP contribution in [0.15, 0.2) is 24.3 Å². The molecule has 0 radical (unpaired) electrons. The Kier molecular flexibility index (Phi) is 7.23. The van der Waals surface area contributed by atoms with Gasteiger partial charge in [0.1, 0.15) is 17.7 Å². The fourth-order valence-electron chi connectivity index (χ4n) is 4.33. The molecule has 1 aliphatic heterocycles. The lowest BCUT2D eigenvalue weighted by atomic mass is 10.0. The number of hydrogen-bond donors (Lipinski definition) is 1. The monoisotopic (exact) mass is 508 g/mol. The highest BCUT2D eigenvalue weighted by Crippen LogP contribution is 2.41. The van der Waals surface area contributed by atoms with Gasteiger partial charge >= 0.3 is 12.2 Å². The molecule has 1 atom stereocenters. The zero-order valence-corrected chi connectivity index (χ0v) is 20.6. The number of pyridine rings is 1. The molecule has 3 heterocycles. The number of nitrogen functional groups attached to an aromatic ring is 1. The molecule has 4 rings (SSSR count). The van der Waals surface area contributed by atoms with Crippen molar-refractivity contribution in [1.29, 1.82) is 0 Å². The molecular formula is C24H28ClF3N6O. The number of fused-ring (bicyclic) bond motifs is 1. The number of rotatable bonds is 6. The maximum absolute atomic E-state index is 13.7. The van der Waals surface area contributed by atoms with Crippen LogP contribution >= 0.6 is 11.6 Å². The number of nitrogens with two attached hydrogens (primary N) is 1. The topological polar surface area (TPSA) is 80.4 Å². The van der Waals surface area contributed by atoms with Crippen molar-refractivity contribution in [2.45, 2.75) is 38.5 Å². The Morgan fingerprint density at radius 3 is 2.49 bits per heavy atom. The van der Waals surface area contributed by atoms with Gasteiger partial charge in [-0.1, -0.05) is 11.6 Å². The van der Waals surface area contributed by atoms with Gasteiger partial charge in [0, 0.05) is 30.6 Å². The van der Waals surface area contributed by atoms with E-state index in [1.807, 2.05) is 25.9 Å². The average molecular weight is 509 g/mol. The molecule has 1 aromatic carbocycles. The van der Waals surface area contributed by atoms with Crippen molar-refractivity contribution < 1.29 is 17.9 Å². The summed E-state index contributed by atoms with van der Waals surface area (Å²) >= 11 is 6.55. The summed E-state index contributed by atoms with van der Waals surface area (Å²) in [6.07, 6.45) is -1.65. The van der Waals surface area contributed by atoms with E-state index in [4.69, 9.17) is 22.1 Å². The quantitative estimate of drug-likeness (QED) is 0.486. The smallest absolute Gasteiger partial charge is 0.418 e. The van der Waals surface area contributed by atoms with Crippen LogP contribution in [0.1, 0.15) is 31.7 Å². The highest BCUT2D eigenvalue weighted by molar-refractivity contribution is 6.34. The van der Waals surface area contributed by atoms with Gasteiger partial charge in [0.25, 0.3) is 0 Å². The fraction of sp³-hybridized carbons (Fsp3) is 0.458. The molecule has 0 amide bonds. The summed E-state index contributed by atoms with van der Waals surface area (Å²) in [4.78, 5) is 17.3. The number of halogens is 4. The van der Waals surface area contributed by atoms with E-state index in [-0.39, 0.29) is 34.2 Å². The molecule has 1 unspecified atom stereocenters. The zero-order chi connectivity index (χ0) is 25.3. The van der Waals surface area contributed by atoms with Gasteiger partial charge in [-0.2, -0.15) is 23.1 Å². The first-order valence-corrected chi connectivity index (χ1v) is 11.8. The zero-order valence-electron chi connectivity index (χ0n) is 19.9. The number of likely N-dealkylation sites (N-methyl/N-ethyl adjacent to an activating group) is 1. The van der Waals surface area contributed by atoms with E-state index in [1.54, 1.807) is 6.07 Å². The Morgan fingerprint density at radius 2 is 1.83 bits per heavy atom. The van der Waals surface area contributed by atoms with E-state index in [0.717, 1.165) is 44.5 Å². The molecule has 2 N–H and O–H groups in total. The molecule has 7 nitrogen and oxygen atoms in total. The second-order valence-corrected chi connectivity index (χ2v) is 9.45. The van der Waals surface area contributed by atoms with E-state index in [0.29, 0.717) is 23.3 Å². The molecule has 188 valence electrons. The van der Waals surface area contributed by atoms with Gasteiger partial charge < -0.3 is 20.3 Å². The van der Waals surface area contributed by atoms with Gasteiger partial charge in [0.05, 0.1) is 21.8 Å². The minimum atomic E-state index is -4.63. The van der Waals surface area contributed by atoms with Crippen molar-refractivity contribution in [3.63, 3.8) is 0 Å². The largest absolute Gasteiger partial charge is 0.459 e. The molecule has 1 saturated heterocycles. The number of hydrogen-bond acceptors (Lipinski definition) is 7. The van der Waals surface area contributed by atoms with Crippen LogP contribution in [0.3, 0.4) is 0 Å². The Labute approximate surface area is 207 Å². The summed E-state index contributed by atoms with van der Waals surface area (Å²) < 4.78 is 47.2. The molecule has 0 spiro atoms. The summed E-state index contributed by atoms with van der Waals surface area (Å²) in [6.45, 7) is 4.18. The average Bonchev–Trinajstić information content (AvgIpc) is 2.77. The molecule has 0 saturated carbocycles. The van der Waals surface area contributed by atoms with Crippen molar-refractivity contribution in [2.24, 2.45) is 0 Å². The van der Waals surface area contributed by atoms with Crippen LogP contribution in [-0.2, 0) is 6.18 Å². The lowest BCUT2D eigenvalue weighted by molar-refractivity contribution is -0.137. The maximum Gasteiger partial charge on any atom is 0.418 e. The molecule has 3 aromatic rings. The number of nitrogens with zero attached hydrogens (tertiary/aromatic N) is 5. The van der Waals surface area contributed by atoms with Crippen LogP contribution in [0.25, 0.3) is 22.2 Å². The van der Waals surface area contributed by atoms with Crippen LogP contribution in [0.5, 0.6) is 6.01 Å². The second kappa shape index (κ2) is 10.0. The van der Waals surface area contributed by atoms with Gasteiger partial charge in [0.2, 0.25) is 0 Å². The summed E-state index contributed by atoms with van der Waals surface area (Å²) in [5, 5.41) is 0.753. The Balaban J connectivity index is 1.89. The number of benzene rings is 1. The molecule has 0 bridgehead atoms. The molecule has 35 heavy (non-hydrogen) atoms. The van der Waals surface area contributed by atoms with E-state index in [1.165, 1.54) is 6.07 Å². The molecule has 1 aliphatic rings. The number of ether oxygens (including phenoxy) is 1. The number of aromatic nitrogens is 3. The fourth-order valence-corrected chi connectivity index (χ4v) is 4.59. The molecule has 0 aliphatic carbocycles. The first kappa shape index (κ1) is 25.2. The maximum atomic E-state index is 13.7. The minimum absolute atomic E-state index is 0.0395. The molecule has 2 aromatic heterocycles. The predicted octanol–water partition coefficient (Wildman–Crippen LogP) is 5.27. The SMILES string of the molecule is CC(CN(C)C)Oc1nc(N2CCCCC2)c2cc(Cl)c(-c3nc(N)ccc3C(F)(F)F)cc2n1. The lowest BCUT2D eigenvalue weighted by Gasteiger charge is -2.29. The van der Waals surface area contributed by atoms with Crippen LogP contribution in [-0.4, -0.2) is 59.7 Å². The van der Waals surface area contributed by atoms with Crippen molar-refractivity contribution >= 4 is 34.1 Å². The third-order valence-corrected chi connectivity index (χ3v) is 6.12. The number of alkyl halides is 3. The predicted molar refractivity (Wildman–Crippen MR) is 132 cm³/mol. The summed E-state index contributed by atoms with van der Waals surface area (Å²) in [5.74, 6) is 0.620. The third kappa shape index (κ3) is 5.70. The van der Waals surface area contributed by atoms with Crippen molar-refractivity contribution in [1.82, 2.24) is 19.9 Å². The van der Waals surface area contributed by atoms with E-state index in [9.17, 15) is 13.2 Å². The first-order chi connectivity index (χ1) is 16.5. The standard InChI is InChI=1S/C24H28ClF3N6O/c1-14(13-33(2)3)35-23-30-19-12-15(21-17(24(26,27)28)7-8-20(29)31-21)18(25)11-16(19)22(32-23)34-9-5-4-6-10-34/h7-8,11-12,14H,4-6,9-10,13H2,1-3H3,(H2,29,31). The Bertz CT molecular complexity index is 1210. The summed E-state index contributed by atoms with van der Waals surface area (Å²) in [7, 11) is 3.87. The van der Waals surface area contributed by atoms with E-state index >= 15 is 0 Å². The van der Waals surface area contributed by atoms with Crippen LogP contribution in [0.4, 0.5) is 24.8 Å². The molecule has 11 heteroatoms. The van der Waals surface area contributed by atoms with Gasteiger partial charge in [-0.25, -0.2) is 4.98 Å². The highest BCUT2D eigenvalue weighted by Gasteiger charge is 2.35. The molecule has 1 fully saturated rings. The lowest BCUT2D eigenvalue weighted by Crippen LogP contribution is -2.31. The highest BCUT2D eigenvalue weighted by atomic mass is 35.5. The summed E-state index contributed by atoms with van der Waals surface area (Å²) in [5.41, 5.74) is 4.98. The Hall–Kier alpha value is -2.85.